The Balaban J connectivity index is 1.93. The molecule has 2 N–H and O–H groups in total. The number of nitrogens with one attached hydrogen (secondary N) is 2. The Morgan fingerprint density at radius 2 is 2.25 bits per heavy atom. The molecule has 0 bridgehead atoms. The number of aromatic amines is 2. The molecule has 4 rings (SSSR count). The summed E-state index contributed by atoms with van der Waals surface area (Å²) >= 11 is 0. The van der Waals surface area contributed by atoms with Gasteiger partial charge in [0.2, 0.25) is 0 Å². The maximum atomic E-state index is 4.48. The van der Waals surface area contributed by atoms with Gasteiger partial charge in [-0.25, -0.2) is 9.97 Å². The zero-order valence-corrected chi connectivity index (χ0v) is 10.6. The lowest BCUT2D eigenvalue weighted by Gasteiger charge is -2.06. The molecule has 0 saturated carbocycles. The Hall–Kier alpha value is -2.89. The van der Waals surface area contributed by atoms with E-state index in [2.05, 4.69) is 41.8 Å². The fourth-order valence-electron chi connectivity index (χ4n) is 2.44. The second-order valence-corrected chi connectivity index (χ2v) is 4.61. The number of pyridine rings is 1. The number of fused-ring (bicyclic) bond motifs is 1. The van der Waals surface area contributed by atoms with Crippen LogP contribution in [0.1, 0.15) is 11.3 Å². The average Bonchev–Trinajstić information content (AvgIpc) is 3.18. The molecule has 4 aromatic heterocycles. The van der Waals surface area contributed by atoms with Gasteiger partial charge in [-0.1, -0.05) is 0 Å². The number of hydrogen-bond donors (Lipinski definition) is 2. The van der Waals surface area contributed by atoms with Gasteiger partial charge in [-0.2, -0.15) is 5.10 Å². The van der Waals surface area contributed by atoms with Gasteiger partial charge in [0.05, 0.1) is 18.7 Å². The number of nitrogens with zero attached hydrogens (tertiary/aromatic N) is 4. The largest absolute Gasteiger partial charge is 0.331 e. The lowest BCUT2D eigenvalue weighted by Crippen LogP contribution is -2.01. The molecule has 0 aliphatic heterocycles. The highest BCUT2D eigenvalue weighted by molar-refractivity contribution is 5.79. The summed E-state index contributed by atoms with van der Waals surface area (Å²) in [6.07, 6.45) is 9.80. The quantitative estimate of drug-likeness (QED) is 0.594. The third-order valence-corrected chi connectivity index (χ3v) is 3.30. The van der Waals surface area contributed by atoms with E-state index in [1.165, 1.54) is 0 Å². The van der Waals surface area contributed by atoms with Gasteiger partial charge >= 0.3 is 0 Å². The third-order valence-electron chi connectivity index (χ3n) is 3.30. The second kappa shape index (κ2) is 4.34. The van der Waals surface area contributed by atoms with Crippen molar-refractivity contribution in [1.29, 1.82) is 0 Å². The zero-order chi connectivity index (χ0) is 13.4. The molecular weight excluding hydrogens is 252 g/mol. The minimum absolute atomic E-state index is 0.784. The molecule has 4 aromatic rings. The Morgan fingerprint density at radius 1 is 1.25 bits per heavy atom. The minimum atomic E-state index is 0.784. The van der Waals surface area contributed by atoms with Crippen LogP contribution in [0.2, 0.25) is 0 Å². The molecule has 0 aliphatic rings. The highest BCUT2D eigenvalue weighted by Crippen LogP contribution is 2.23. The van der Waals surface area contributed by atoms with Crippen LogP contribution in [0, 0.1) is 0 Å². The SMILES string of the molecule is c1cnc2c(c1)cc(Cc1cn[nH]c1)n2-c1cnc[nH]1. The first-order chi connectivity index (χ1) is 9.92. The van der Waals surface area contributed by atoms with Crippen molar-refractivity contribution in [2.45, 2.75) is 6.42 Å². The molecule has 0 spiro atoms. The van der Waals surface area contributed by atoms with Crippen LogP contribution in [0.5, 0.6) is 0 Å². The Kier molecular flexibility index (Phi) is 2.38. The minimum Gasteiger partial charge on any atom is -0.331 e. The van der Waals surface area contributed by atoms with Crippen LogP contribution in [-0.2, 0) is 6.42 Å². The van der Waals surface area contributed by atoms with E-state index in [4.69, 9.17) is 0 Å². The molecule has 0 fully saturated rings. The predicted molar refractivity (Wildman–Crippen MR) is 74.6 cm³/mol. The highest BCUT2D eigenvalue weighted by Gasteiger charge is 2.13. The van der Waals surface area contributed by atoms with Crippen molar-refractivity contribution in [3.05, 3.63) is 60.6 Å². The molecule has 0 aliphatic carbocycles. The summed E-state index contributed by atoms with van der Waals surface area (Å²) in [6.45, 7) is 0. The lowest BCUT2D eigenvalue weighted by molar-refractivity contribution is 0.945. The van der Waals surface area contributed by atoms with E-state index < -0.39 is 0 Å². The lowest BCUT2D eigenvalue weighted by atomic mass is 10.2. The first-order valence-electron chi connectivity index (χ1n) is 6.33. The topological polar surface area (TPSA) is 75.2 Å². The van der Waals surface area contributed by atoms with Crippen molar-refractivity contribution >= 4 is 11.0 Å². The molecule has 0 radical (unpaired) electrons. The summed E-state index contributed by atoms with van der Waals surface area (Å²) in [4.78, 5) is 11.7. The van der Waals surface area contributed by atoms with Gasteiger partial charge in [0.25, 0.3) is 0 Å². The summed E-state index contributed by atoms with van der Waals surface area (Å²) in [5.74, 6) is 0.914. The van der Waals surface area contributed by atoms with Crippen molar-refractivity contribution in [3.8, 4) is 5.82 Å². The second-order valence-electron chi connectivity index (χ2n) is 4.61. The van der Waals surface area contributed by atoms with Gasteiger partial charge < -0.3 is 4.98 Å². The van der Waals surface area contributed by atoms with Crippen LogP contribution in [-0.4, -0.2) is 29.7 Å². The number of H-pyrrole nitrogens is 2. The van der Waals surface area contributed by atoms with E-state index in [0.29, 0.717) is 0 Å². The van der Waals surface area contributed by atoms with Crippen molar-refractivity contribution in [3.63, 3.8) is 0 Å². The molecule has 0 atom stereocenters. The van der Waals surface area contributed by atoms with Crippen LogP contribution in [0.25, 0.3) is 16.9 Å². The highest BCUT2D eigenvalue weighted by atomic mass is 15.1. The monoisotopic (exact) mass is 264 g/mol. The van der Waals surface area contributed by atoms with Crippen molar-refractivity contribution in [1.82, 2.24) is 29.7 Å². The molecule has 0 aromatic carbocycles. The first kappa shape index (κ1) is 11.0. The molecule has 6 nitrogen and oxygen atoms in total. The Labute approximate surface area is 114 Å². The summed E-state index contributed by atoms with van der Waals surface area (Å²) in [5.41, 5.74) is 3.20. The van der Waals surface area contributed by atoms with E-state index >= 15 is 0 Å². The molecule has 6 heteroatoms. The van der Waals surface area contributed by atoms with Gasteiger partial charge in [-0.05, 0) is 23.8 Å². The fourth-order valence-corrected chi connectivity index (χ4v) is 2.44. The molecule has 0 saturated heterocycles. The smallest absolute Gasteiger partial charge is 0.145 e. The van der Waals surface area contributed by atoms with Crippen LogP contribution >= 0.6 is 0 Å². The first-order valence-corrected chi connectivity index (χ1v) is 6.33. The van der Waals surface area contributed by atoms with Gasteiger partial charge in [-0.3, -0.25) is 9.67 Å². The van der Waals surface area contributed by atoms with E-state index in [0.717, 1.165) is 34.5 Å². The summed E-state index contributed by atoms with van der Waals surface area (Å²) in [5, 5.41) is 7.95. The fraction of sp³-hybridized carbons (Fsp3) is 0.0714. The average molecular weight is 264 g/mol. The van der Waals surface area contributed by atoms with Crippen LogP contribution in [0.15, 0.2) is 49.3 Å². The maximum Gasteiger partial charge on any atom is 0.145 e. The molecular formula is C14H12N6. The van der Waals surface area contributed by atoms with Crippen LogP contribution in [0.4, 0.5) is 0 Å². The van der Waals surface area contributed by atoms with Crippen LogP contribution < -0.4 is 0 Å². The molecule has 0 unspecified atom stereocenters. The van der Waals surface area contributed by atoms with Gasteiger partial charge in [0, 0.05) is 29.9 Å². The van der Waals surface area contributed by atoms with Crippen LogP contribution in [0.3, 0.4) is 0 Å². The summed E-state index contributed by atoms with van der Waals surface area (Å²) in [6, 6.07) is 6.16. The van der Waals surface area contributed by atoms with E-state index in [-0.39, 0.29) is 0 Å². The number of aromatic nitrogens is 6. The summed E-state index contributed by atoms with van der Waals surface area (Å²) < 4.78 is 2.09. The van der Waals surface area contributed by atoms with Gasteiger partial charge in [-0.15, -0.1) is 0 Å². The standard InChI is InChI=1S/C14H12N6/c1-2-11-5-12(4-10-6-18-19-7-10)20(14(11)16-3-1)13-8-15-9-17-13/h1-3,5-9H,4H2,(H,15,17)(H,18,19). The summed E-state index contributed by atoms with van der Waals surface area (Å²) in [7, 11) is 0. The van der Waals surface area contributed by atoms with Crippen molar-refractivity contribution < 1.29 is 0 Å². The Bertz CT molecular complexity index is 826. The Morgan fingerprint density at radius 3 is 3.05 bits per heavy atom. The normalized spacial score (nSPS) is 11.2. The third kappa shape index (κ3) is 1.70. The molecule has 0 amide bonds. The van der Waals surface area contributed by atoms with Crippen molar-refractivity contribution in [2.24, 2.45) is 0 Å². The van der Waals surface area contributed by atoms with Gasteiger partial charge in [0.15, 0.2) is 0 Å². The molecule has 4 heterocycles. The van der Waals surface area contributed by atoms with E-state index in [9.17, 15) is 0 Å². The molecule has 98 valence electrons. The van der Waals surface area contributed by atoms with Crippen molar-refractivity contribution in [2.75, 3.05) is 0 Å². The number of imidazole rings is 1. The zero-order valence-electron chi connectivity index (χ0n) is 10.6. The van der Waals surface area contributed by atoms with E-state index in [1.807, 2.05) is 18.5 Å². The molecule has 20 heavy (non-hydrogen) atoms. The predicted octanol–water partition coefficient (Wildman–Crippen LogP) is 2.06. The number of hydrogen-bond acceptors (Lipinski definition) is 3. The van der Waals surface area contributed by atoms with E-state index in [1.54, 1.807) is 18.7 Å². The number of rotatable bonds is 3. The van der Waals surface area contributed by atoms with Gasteiger partial charge in [0.1, 0.15) is 11.5 Å². The maximum absolute atomic E-state index is 4.48.